The zero-order valence-corrected chi connectivity index (χ0v) is 33.5. The van der Waals surface area contributed by atoms with Crippen molar-refractivity contribution < 1.29 is 38.0 Å². The smallest absolute Gasteiger partial charge is 0.333 e. The van der Waals surface area contributed by atoms with Gasteiger partial charge >= 0.3 is 11.9 Å². The van der Waals surface area contributed by atoms with Crippen LogP contribution in [0.15, 0.2) is 85.0 Å². The Kier molecular flexibility index (Phi) is 19.1. The maximum atomic E-state index is 12.1. The second-order valence-corrected chi connectivity index (χ2v) is 14.5. The van der Waals surface area contributed by atoms with E-state index in [1.54, 1.807) is 13.8 Å². The van der Waals surface area contributed by atoms with Crippen LogP contribution in [0.5, 0.6) is 11.5 Å². The second-order valence-electron chi connectivity index (χ2n) is 14.5. The summed E-state index contributed by atoms with van der Waals surface area (Å²) in [6, 6.07) is 21.3. The Bertz CT molecular complexity index is 1600. The van der Waals surface area contributed by atoms with Gasteiger partial charge in [-0.15, -0.1) is 0 Å². The van der Waals surface area contributed by atoms with E-state index in [1.807, 2.05) is 0 Å². The van der Waals surface area contributed by atoms with Crippen LogP contribution in [0.3, 0.4) is 0 Å². The molecule has 4 rings (SSSR count). The van der Waals surface area contributed by atoms with E-state index in [2.05, 4.69) is 80.7 Å². The van der Waals surface area contributed by atoms with Crippen LogP contribution in [0.2, 0.25) is 0 Å². The Morgan fingerprint density at radius 2 is 1.36 bits per heavy atom. The number of carbonyl (C=O) groups is 2. The van der Waals surface area contributed by atoms with E-state index in [0.717, 1.165) is 93.0 Å². The van der Waals surface area contributed by atoms with Crippen LogP contribution < -0.4 is 9.47 Å². The molecule has 1 heterocycles. The van der Waals surface area contributed by atoms with Gasteiger partial charge in [-0.3, -0.25) is 0 Å². The predicted octanol–water partition coefficient (Wildman–Crippen LogP) is 9.63. The van der Waals surface area contributed by atoms with Gasteiger partial charge in [0.05, 0.1) is 39.6 Å². The van der Waals surface area contributed by atoms with E-state index in [-0.39, 0.29) is 11.9 Å². The maximum absolute atomic E-state index is 12.1. The summed E-state index contributed by atoms with van der Waals surface area (Å²) < 4.78 is 34.6. The molecule has 0 bridgehead atoms. The quantitative estimate of drug-likeness (QED) is 0.0455. The van der Waals surface area contributed by atoms with Gasteiger partial charge in [0.1, 0.15) is 11.5 Å². The van der Waals surface area contributed by atoms with Crippen LogP contribution in [0.4, 0.5) is 0 Å². The third-order valence-corrected chi connectivity index (χ3v) is 9.66. The average Bonchev–Trinajstić information content (AvgIpc) is 3.72. The highest BCUT2D eigenvalue weighted by Crippen LogP contribution is 2.35. The molecule has 0 saturated carbocycles. The molecule has 3 aromatic carbocycles. The molecule has 8 nitrogen and oxygen atoms in total. The largest absolute Gasteiger partial charge is 0.494 e. The van der Waals surface area contributed by atoms with Gasteiger partial charge in [0.2, 0.25) is 0 Å². The summed E-state index contributed by atoms with van der Waals surface area (Å²) in [7, 11) is 0. The minimum absolute atomic E-state index is 0.298. The lowest BCUT2D eigenvalue weighted by atomic mass is 9.91. The summed E-state index contributed by atoms with van der Waals surface area (Å²) in [5, 5.41) is 0. The van der Waals surface area contributed by atoms with Crippen molar-refractivity contribution in [3.8, 4) is 22.6 Å². The molecule has 0 N–H and O–H groups in total. The van der Waals surface area contributed by atoms with Crippen molar-refractivity contribution >= 4 is 11.9 Å². The molecular formula is C47H62O8. The molecule has 55 heavy (non-hydrogen) atoms. The monoisotopic (exact) mass is 754 g/mol. The van der Waals surface area contributed by atoms with Crippen molar-refractivity contribution in [2.45, 2.75) is 91.4 Å². The molecule has 8 heteroatoms. The minimum Gasteiger partial charge on any atom is -0.494 e. The standard InChI is InChI=1S/C47H62O8/c1-6-39-16-9-10-19-44(39)42-31-40(17-12-27-54-46(48)35(2)3)45(41(32-42)18-13-28-55-47(49)36(4)5)53-26-11-7-8-15-37-20-22-43(23-21-37)52-29-14-25-50-33-38-24-30-51-34-38/h9-10,16,19-23,31-32,38H,2,4,6-8,11-15,17-18,24-30,33-34H2,1,3,5H3. The molecule has 1 saturated heterocycles. The topological polar surface area (TPSA) is 89.5 Å². The van der Waals surface area contributed by atoms with E-state index >= 15 is 0 Å². The molecule has 0 aromatic heterocycles. The van der Waals surface area contributed by atoms with E-state index in [0.29, 0.717) is 75.8 Å². The van der Waals surface area contributed by atoms with Crippen LogP contribution in [0, 0.1) is 5.92 Å². The highest BCUT2D eigenvalue weighted by Gasteiger charge is 2.17. The maximum Gasteiger partial charge on any atom is 0.333 e. The highest BCUT2D eigenvalue weighted by atomic mass is 16.5. The van der Waals surface area contributed by atoms with Crippen LogP contribution in [0.1, 0.15) is 88.0 Å². The van der Waals surface area contributed by atoms with Gasteiger partial charge in [-0.2, -0.15) is 0 Å². The first-order valence-electron chi connectivity index (χ1n) is 20.1. The molecular weight excluding hydrogens is 693 g/mol. The molecule has 1 unspecified atom stereocenters. The summed E-state index contributed by atoms with van der Waals surface area (Å²) in [6.45, 7) is 17.9. The fourth-order valence-corrected chi connectivity index (χ4v) is 6.53. The number of hydrogen-bond donors (Lipinski definition) is 0. The zero-order valence-electron chi connectivity index (χ0n) is 33.5. The first-order valence-corrected chi connectivity index (χ1v) is 20.1. The molecule has 3 aromatic rings. The van der Waals surface area contributed by atoms with Gasteiger partial charge in [0.25, 0.3) is 0 Å². The van der Waals surface area contributed by atoms with Crippen molar-refractivity contribution in [3.63, 3.8) is 0 Å². The highest BCUT2D eigenvalue weighted by molar-refractivity contribution is 5.87. The summed E-state index contributed by atoms with van der Waals surface area (Å²) in [5.41, 5.74) is 7.83. The Labute approximate surface area is 329 Å². The molecule has 1 atom stereocenters. The Hall–Kier alpha value is -4.40. The van der Waals surface area contributed by atoms with E-state index in [9.17, 15) is 9.59 Å². The van der Waals surface area contributed by atoms with Crippen LogP contribution in [-0.2, 0) is 54.2 Å². The lowest BCUT2D eigenvalue weighted by Gasteiger charge is -2.20. The van der Waals surface area contributed by atoms with Crippen molar-refractivity contribution in [1.29, 1.82) is 0 Å². The van der Waals surface area contributed by atoms with Gasteiger partial charge in [0.15, 0.2) is 0 Å². The number of rotatable bonds is 26. The third-order valence-electron chi connectivity index (χ3n) is 9.66. The SMILES string of the molecule is C=C(C)C(=O)OCCCc1cc(-c2ccccc2CC)cc(CCCOC(=O)C(=C)C)c1OCCCCCc1ccc(OCCCOCC2CCOC2)cc1. The fourth-order valence-electron chi connectivity index (χ4n) is 6.53. The third kappa shape index (κ3) is 15.3. The molecule has 1 aliphatic heterocycles. The Morgan fingerprint density at radius 3 is 1.98 bits per heavy atom. The first-order chi connectivity index (χ1) is 26.7. The number of ether oxygens (including phenoxy) is 6. The number of unbranched alkanes of at least 4 members (excludes halogenated alkanes) is 2. The normalized spacial score (nSPS) is 13.7. The number of esters is 2. The molecule has 1 fully saturated rings. The van der Waals surface area contributed by atoms with E-state index in [1.165, 1.54) is 16.7 Å². The fraction of sp³-hybridized carbons (Fsp3) is 0.489. The molecule has 0 spiro atoms. The van der Waals surface area contributed by atoms with Crippen LogP contribution >= 0.6 is 0 Å². The van der Waals surface area contributed by atoms with Crippen molar-refractivity contribution in [3.05, 3.63) is 107 Å². The summed E-state index contributed by atoms with van der Waals surface area (Å²) in [6.07, 6.45) is 9.55. The lowest BCUT2D eigenvalue weighted by Crippen LogP contribution is -2.11. The molecule has 0 radical (unpaired) electrons. The number of hydrogen-bond acceptors (Lipinski definition) is 8. The number of carbonyl (C=O) groups excluding carboxylic acids is 2. The van der Waals surface area contributed by atoms with E-state index < -0.39 is 0 Å². The molecule has 0 aliphatic carbocycles. The summed E-state index contributed by atoms with van der Waals surface area (Å²) in [5.74, 6) is 1.55. The van der Waals surface area contributed by atoms with Crippen molar-refractivity contribution in [2.75, 3.05) is 52.9 Å². The minimum atomic E-state index is -0.376. The van der Waals surface area contributed by atoms with Crippen molar-refractivity contribution in [2.24, 2.45) is 5.92 Å². The molecule has 298 valence electrons. The Morgan fingerprint density at radius 1 is 0.709 bits per heavy atom. The van der Waals surface area contributed by atoms with E-state index in [4.69, 9.17) is 28.4 Å². The van der Waals surface area contributed by atoms with Crippen LogP contribution in [0.25, 0.3) is 11.1 Å². The Balaban J connectivity index is 1.33. The average molecular weight is 755 g/mol. The first kappa shape index (κ1) is 43.3. The van der Waals surface area contributed by atoms with Gasteiger partial charge in [-0.25, -0.2) is 9.59 Å². The second kappa shape index (κ2) is 24.2. The lowest BCUT2D eigenvalue weighted by molar-refractivity contribution is -0.139. The van der Waals surface area contributed by atoms with Gasteiger partial charge in [-0.1, -0.05) is 56.5 Å². The van der Waals surface area contributed by atoms with Gasteiger partial charge in [-0.05, 0) is 136 Å². The van der Waals surface area contributed by atoms with Crippen molar-refractivity contribution in [1.82, 2.24) is 0 Å². The number of aryl methyl sites for hydroxylation is 4. The van der Waals surface area contributed by atoms with Gasteiger partial charge in [0, 0.05) is 36.7 Å². The van der Waals surface area contributed by atoms with Crippen LogP contribution in [-0.4, -0.2) is 64.8 Å². The summed E-state index contributed by atoms with van der Waals surface area (Å²) >= 11 is 0. The van der Waals surface area contributed by atoms with Gasteiger partial charge < -0.3 is 28.4 Å². The summed E-state index contributed by atoms with van der Waals surface area (Å²) in [4.78, 5) is 24.1. The number of benzene rings is 3. The molecule has 0 amide bonds. The predicted molar refractivity (Wildman–Crippen MR) is 219 cm³/mol. The molecule has 1 aliphatic rings. The zero-order chi connectivity index (χ0) is 39.3.